The first-order valence-electron chi connectivity index (χ1n) is 30.0. The van der Waals surface area contributed by atoms with E-state index in [4.69, 9.17) is 101 Å². The average Bonchev–Trinajstić information content (AvgIpc) is 1.56. The summed E-state index contributed by atoms with van der Waals surface area (Å²) in [5.41, 5.74) is 22.1. The van der Waals surface area contributed by atoms with Gasteiger partial charge in [-0.2, -0.15) is 0 Å². The third-order valence-corrected chi connectivity index (χ3v) is 16.6. The molecule has 18 nitrogen and oxygen atoms in total. The van der Waals surface area contributed by atoms with Crippen LogP contribution in [0.15, 0.2) is 199 Å². The molecule has 0 spiro atoms. The van der Waals surface area contributed by atoms with Crippen molar-refractivity contribution < 1.29 is 47.9 Å². The number of rotatable bonds is 14. The van der Waals surface area contributed by atoms with Crippen molar-refractivity contribution >= 4 is 127 Å². The zero-order chi connectivity index (χ0) is 71.7. The minimum atomic E-state index is -1.43. The van der Waals surface area contributed by atoms with E-state index in [0.717, 1.165) is 89.4 Å². The molecule has 4 aromatic heterocycles. The van der Waals surface area contributed by atoms with Crippen molar-refractivity contribution in [3.05, 3.63) is 247 Å². The maximum atomic E-state index is 10.9. The van der Waals surface area contributed by atoms with Gasteiger partial charge >= 0.3 is 26.3 Å². The van der Waals surface area contributed by atoms with Gasteiger partial charge in [-0.15, -0.1) is 0 Å². The smallest absolute Gasteiger partial charge is 0.494 e. The van der Waals surface area contributed by atoms with Crippen LogP contribution in [-0.4, -0.2) is 95.9 Å². The molecule has 0 saturated carbocycles. The molecule has 0 atom stereocenters. The summed E-state index contributed by atoms with van der Waals surface area (Å²) >= 11 is 30.3. The van der Waals surface area contributed by atoms with Crippen molar-refractivity contribution in [1.29, 1.82) is 0 Å². The van der Waals surface area contributed by atoms with Gasteiger partial charge in [-0.3, -0.25) is 0 Å². The van der Waals surface area contributed by atoms with Crippen molar-refractivity contribution in [2.75, 3.05) is 39.1 Å². The predicted molar refractivity (Wildman–Crippen MR) is 403 cm³/mol. The van der Waals surface area contributed by atoms with E-state index in [1.165, 1.54) is 6.07 Å². The molecule has 98 heavy (non-hydrogen) atoms. The molecule has 0 aliphatic carbocycles. The highest BCUT2D eigenvalue weighted by molar-refractivity contribution is 9.10. The van der Waals surface area contributed by atoms with Crippen LogP contribution in [0.1, 0.15) is 56.0 Å². The standard InChI is InChI=1S/C20H18ClN3O2.C13H19BN2O3.C13H11BrClNO.C13H12ClNO.C7H8BrNO.C6H6BClO2/c1-26-18-10-9-17(23-19(18)14-3-2-4-15(21)12-14)11-13-5-7-16(8-6-13)24-20(22)25;1-12(2)13(3,4)19-14(18-12)9-5-7-10(8-6-9)16-11(15)17;1-17-12-6-5-11(8-14)16-13(12)9-3-2-4-10(15)7-9;1-9-6-7-12(16-2)13(15-9)10-4-3-5-11(14)8-10;1-5-3-4-6(10-2)7(8)9-5;8-6-3-1-2-5(4-6)7(9)10/h2-10,12H,11H2,1H3,(H3,22,24,25);5-8H,1-4H3,(H3,15,16,17);2-7H,8H2,1H3;3-8H,1-2H3;3-4H,1-2H3;1-4,9-10H. The second-order valence-electron chi connectivity index (χ2n) is 22.3. The number of urea groups is 2. The molecule has 10 aromatic rings. The van der Waals surface area contributed by atoms with Crippen molar-refractivity contribution in [3.63, 3.8) is 0 Å². The van der Waals surface area contributed by atoms with Crippen LogP contribution in [-0.2, 0) is 21.1 Å². The second kappa shape index (κ2) is 38.2. The summed E-state index contributed by atoms with van der Waals surface area (Å²) in [6.07, 6.45) is 0.647. The Kier molecular flexibility index (Phi) is 30.7. The number of carbonyl (C=O) groups excluding carboxylic acids is 2. The number of benzene rings is 6. The summed E-state index contributed by atoms with van der Waals surface area (Å²) < 4.78 is 33.7. The second-order valence-corrected chi connectivity index (χ2v) is 25.4. The summed E-state index contributed by atoms with van der Waals surface area (Å²) in [5.74, 6) is 2.97. The highest BCUT2D eigenvalue weighted by atomic mass is 79.9. The summed E-state index contributed by atoms with van der Waals surface area (Å²) in [6, 6.07) is 58.0. The number of aryl methyl sites for hydroxylation is 2. The van der Waals surface area contributed by atoms with Crippen molar-refractivity contribution in [1.82, 2.24) is 19.9 Å². The lowest BCUT2D eigenvalue weighted by Gasteiger charge is -2.32. The van der Waals surface area contributed by atoms with E-state index in [9.17, 15) is 9.59 Å². The topological polar surface area (TPSA) is 258 Å². The molecule has 4 amide bonds. The maximum Gasteiger partial charge on any atom is 0.494 e. The zero-order valence-electron chi connectivity index (χ0n) is 55.4. The summed E-state index contributed by atoms with van der Waals surface area (Å²) in [6.45, 7) is 11.9. The molecule has 1 aliphatic heterocycles. The number of nitrogens with one attached hydrogen (secondary N) is 2. The zero-order valence-corrected chi connectivity index (χ0v) is 61.6. The number of halogens is 6. The van der Waals surface area contributed by atoms with Gasteiger partial charge in [0.05, 0.1) is 45.3 Å². The van der Waals surface area contributed by atoms with Crippen LogP contribution in [0.3, 0.4) is 0 Å². The first-order valence-corrected chi connectivity index (χ1v) is 33.5. The molecule has 1 saturated heterocycles. The van der Waals surface area contributed by atoms with Gasteiger partial charge in [-0.25, -0.2) is 29.5 Å². The largest absolute Gasteiger partial charge is 0.494 e. The van der Waals surface area contributed by atoms with E-state index in [2.05, 4.69) is 57.4 Å². The average molecular weight is 1530 g/mol. The number of aromatic nitrogens is 4. The van der Waals surface area contributed by atoms with Gasteiger partial charge < -0.3 is 60.4 Å². The fraction of sp³-hybridized carbons (Fsp3) is 0.194. The SMILES string of the molecule is CC1(C)OB(c2ccc(NC(N)=O)cc2)OC1(C)C.COc1ccc(C)nc1-c1cccc(Cl)c1.COc1ccc(C)nc1Br.COc1ccc(CBr)nc1-c1cccc(Cl)c1.COc1ccc(Cc2ccc(NC(N)=O)cc2)nc1-c1cccc(Cl)c1.OB(O)c1cccc(Cl)c1. The highest BCUT2D eigenvalue weighted by Gasteiger charge is 2.51. The highest BCUT2D eigenvalue weighted by Crippen LogP contribution is 2.37. The van der Waals surface area contributed by atoms with E-state index in [-0.39, 0.29) is 11.2 Å². The van der Waals surface area contributed by atoms with Gasteiger partial charge in [0, 0.05) is 77.0 Å². The molecule has 1 fully saturated rings. The molecular formula is C72H74B2Br2Cl4N8O10. The number of alkyl halides is 1. The van der Waals surface area contributed by atoms with Crippen LogP contribution in [0.25, 0.3) is 33.8 Å². The third-order valence-electron chi connectivity index (χ3n) is 14.6. The number of amides is 4. The van der Waals surface area contributed by atoms with Crippen molar-refractivity contribution in [3.8, 4) is 56.8 Å². The number of hydrogen-bond donors (Lipinski definition) is 6. The Bertz CT molecular complexity index is 4250. The van der Waals surface area contributed by atoms with E-state index in [1.54, 1.807) is 58.8 Å². The first-order chi connectivity index (χ1) is 46.6. The minimum Gasteiger partial charge on any atom is -0.494 e. The van der Waals surface area contributed by atoms with Gasteiger partial charge in [0.1, 0.15) is 38.9 Å². The number of anilines is 2. The molecule has 26 heteroatoms. The quantitative estimate of drug-likeness (QED) is 0.0336. The van der Waals surface area contributed by atoms with Gasteiger partial charge in [0.2, 0.25) is 0 Å². The van der Waals surface area contributed by atoms with Gasteiger partial charge in [-0.1, -0.05) is 135 Å². The Morgan fingerprint density at radius 1 is 0.510 bits per heavy atom. The van der Waals surface area contributed by atoms with Gasteiger partial charge in [-0.05, 0) is 195 Å². The van der Waals surface area contributed by atoms with E-state index in [0.29, 0.717) is 54.4 Å². The fourth-order valence-corrected chi connectivity index (χ4v) is 10.6. The van der Waals surface area contributed by atoms with Crippen molar-refractivity contribution in [2.45, 2.75) is 64.5 Å². The van der Waals surface area contributed by atoms with E-state index in [1.807, 2.05) is 199 Å². The van der Waals surface area contributed by atoms with Crippen LogP contribution in [0.2, 0.25) is 20.1 Å². The number of pyridine rings is 4. The Balaban J connectivity index is 0.000000191. The lowest BCUT2D eigenvalue weighted by Crippen LogP contribution is -2.41. The molecule has 510 valence electrons. The first kappa shape index (κ1) is 78.7. The van der Waals surface area contributed by atoms with Crippen LogP contribution < -0.4 is 52.0 Å². The summed E-state index contributed by atoms with van der Waals surface area (Å²) in [4.78, 5) is 39.5. The number of primary amides is 2. The number of hydrogen-bond acceptors (Lipinski definition) is 14. The lowest BCUT2D eigenvalue weighted by molar-refractivity contribution is 0.00578. The predicted octanol–water partition coefficient (Wildman–Crippen LogP) is 16.2. The number of carbonyl (C=O) groups is 2. The molecule has 8 N–H and O–H groups in total. The minimum absolute atomic E-state index is 0.359. The summed E-state index contributed by atoms with van der Waals surface area (Å²) in [5, 5.41) is 25.6. The van der Waals surface area contributed by atoms with Crippen LogP contribution >= 0.6 is 78.3 Å². The fourth-order valence-electron chi connectivity index (χ4n) is 8.95. The Morgan fingerprint density at radius 2 is 0.888 bits per heavy atom. The molecule has 5 heterocycles. The Labute approximate surface area is 609 Å². The molecule has 0 unspecified atom stereocenters. The Morgan fingerprint density at radius 3 is 1.28 bits per heavy atom. The van der Waals surface area contributed by atoms with Crippen molar-refractivity contribution in [2.24, 2.45) is 11.5 Å². The van der Waals surface area contributed by atoms with Crippen LogP contribution in [0.5, 0.6) is 23.0 Å². The number of methoxy groups -OCH3 is 4. The van der Waals surface area contributed by atoms with Gasteiger partial charge in [0.15, 0.2) is 5.75 Å². The third kappa shape index (κ3) is 24.3. The number of nitrogens with two attached hydrogens (primary N) is 2. The monoisotopic (exact) mass is 1530 g/mol. The Hall–Kier alpha value is -8.25. The molecule has 11 rings (SSSR count). The van der Waals surface area contributed by atoms with E-state index < -0.39 is 26.3 Å². The number of nitrogens with zero attached hydrogens (tertiary/aromatic N) is 4. The normalized spacial score (nSPS) is 12.1. The molecule has 0 bridgehead atoms. The van der Waals surface area contributed by atoms with Gasteiger partial charge in [0.25, 0.3) is 0 Å². The van der Waals surface area contributed by atoms with E-state index >= 15 is 0 Å². The lowest BCUT2D eigenvalue weighted by atomic mass is 9.79. The molecule has 1 aliphatic rings. The van der Waals surface area contributed by atoms with Crippen LogP contribution in [0.4, 0.5) is 21.0 Å². The van der Waals surface area contributed by atoms with Crippen LogP contribution in [0, 0.1) is 13.8 Å². The molecule has 0 radical (unpaired) electrons. The molecule has 6 aromatic carbocycles. The maximum absolute atomic E-state index is 10.9. The summed E-state index contributed by atoms with van der Waals surface area (Å²) in [7, 11) is 4.69. The number of ether oxygens (including phenoxy) is 4. The molecular weight excluding hydrogens is 1460 g/mol.